The maximum Gasteiger partial charge on any atom is 0.0312 e. The van der Waals surface area contributed by atoms with Gasteiger partial charge in [-0.15, -0.1) is 0 Å². The van der Waals surface area contributed by atoms with Gasteiger partial charge < -0.3 is 5.32 Å². The van der Waals surface area contributed by atoms with Crippen LogP contribution in [-0.2, 0) is 6.54 Å². The highest BCUT2D eigenvalue weighted by molar-refractivity contribution is 7.98. The van der Waals surface area contributed by atoms with Gasteiger partial charge in [0.15, 0.2) is 0 Å². The van der Waals surface area contributed by atoms with E-state index in [1.165, 1.54) is 37.0 Å². The van der Waals surface area contributed by atoms with E-state index in [0.29, 0.717) is 0 Å². The second kappa shape index (κ2) is 9.67. The zero-order valence-corrected chi connectivity index (χ0v) is 10.9. The molecule has 0 saturated heterocycles. The summed E-state index contributed by atoms with van der Waals surface area (Å²) in [5.74, 6) is 1.31. The average Bonchev–Trinajstić information content (AvgIpc) is 2.34. The van der Waals surface area contributed by atoms with Crippen LogP contribution < -0.4 is 5.32 Å². The van der Waals surface area contributed by atoms with Crippen molar-refractivity contribution in [3.8, 4) is 0 Å². The molecule has 3 heteroatoms. The van der Waals surface area contributed by atoms with Gasteiger partial charge in [-0.05, 0) is 43.0 Å². The first-order valence-corrected chi connectivity index (χ1v) is 7.41. The summed E-state index contributed by atoms with van der Waals surface area (Å²) in [4.78, 5) is 4.09. The molecular formula is C13H22N2S. The monoisotopic (exact) mass is 238 g/mol. The van der Waals surface area contributed by atoms with E-state index in [1.54, 1.807) is 0 Å². The standard InChI is InChI=1S/C13H22N2S/c1-16-10-5-3-2-4-8-14-11-13-7-6-9-15-12-13/h6-7,9,12,14H,2-5,8,10-11H2,1H3. The lowest BCUT2D eigenvalue weighted by Crippen LogP contribution is -2.14. The molecule has 0 aromatic carbocycles. The summed E-state index contributed by atoms with van der Waals surface area (Å²) in [5, 5.41) is 3.45. The van der Waals surface area contributed by atoms with Gasteiger partial charge in [0.05, 0.1) is 0 Å². The predicted molar refractivity (Wildman–Crippen MR) is 72.8 cm³/mol. The van der Waals surface area contributed by atoms with Crippen LogP contribution in [0.25, 0.3) is 0 Å². The first-order valence-electron chi connectivity index (χ1n) is 6.02. The summed E-state index contributed by atoms with van der Waals surface area (Å²) in [7, 11) is 0. The van der Waals surface area contributed by atoms with Crippen molar-refractivity contribution < 1.29 is 0 Å². The third-order valence-corrected chi connectivity index (χ3v) is 3.20. The van der Waals surface area contributed by atoms with Crippen LogP contribution >= 0.6 is 11.8 Å². The lowest BCUT2D eigenvalue weighted by molar-refractivity contribution is 0.599. The van der Waals surface area contributed by atoms with Crippen molar-refractivity contribution in [2.24, 2.45) is 0 Å². The van der Waals surface area contributed by atoms with Crippen LogP contribution in [0.1, 0.15) is 31.2 Å². The van der Waals surface area contributed by atoms with E-state index in [0.717, 1.165) is 13.1 Å². The van der Waals surface area contributed by atoms with E-state index in [4.69, 9.17) is 0 Å². The number of hydrogen-bond acceptors (Lipinski definition) is 3. The minimum atomic E-state index is 0.943. The van der Waals surface area contributed by atoms with Crippen molar-refractivity contribution in [3.63, 3.8) is 0 Å². The van der Waals surface area contributed by atoms with Crippen molar-refractivity contribution >= 4 is 11.8 Å². The van der Waals surface area contributed by atoms with Crippen molar-refractivity contribution in [1.29, 1.82) is 0 Å². The minimum Gasteiger partial charge on any atom is -0.313 e. The number of nitrogens with zero attached hydrogens (tertiary/aromatic N) is 1. The summed E-state index contributed by atoms with van der Waals surface area (Å²) in [6.45, 7) is 2.06. The zero-order chi connectivity index (χ0) is 11.5. The molecule has 0 saturated carbocycles. The number of nitrogens with one attached hydrogen (secondary N) is 1. The largest absolute Gasteiger partial charge is 0.313 e. The Morgan fingerprint density at radius 1 is 1.25 bits per heavy atom. The van der Waals surface area contributed by atoms with E-state index in [9.17, 15) is 0 Å². The first-order chi connectivity index (χ1) is 7.93. The Labute approximate surface area is 103 Å². The van der Waals surface area contributed by atoms with E-state index < -0.39 is 0 Å². The number of thioether (sulfide) groups is 1. The molecule has 90 valence electrons. The number of rotatable bonds is 9. The van der Waals surface area contributed by atoms with Crippen molar-refractivity contribution in [2.75, 3.05) is 18.6 Å². The normalized spacial score (nSPS) is 10.6. The molecule has 2 nitrogen and oxygen atoms in total. The Morgan fingerprint density at radius 2 is 2.12 bits per heavy atom. The SMILES string of the molecule is CSCCCCCCNCc1cccnc1. The molecular weight excluding hydrogens is 216 g/mol. The van der Waals surface area contributed by atoms with Crippen LogP contribution in [0.4, 0.5) is 0 Å². The van der Waals surface area contributed by atoms with E-state index in [2.05, 4.69) is 22.6 Å². The molecule has 1 aromatic heterocycles. The summed E-state index contributed by atoms with van der Waals surface area (Å²) < 4.78 is 0. The van der Waals surface area contributed by atoms with Gasteiger partial charge in [-0.25, -0.2) is 0 Å². The highest BCUT2D eigenvalue weighted by atomic mass is 32.2. The van der Waals surface area contributed by atoms with Crippen LogP contribution in [0.3, 0.4) is 0 Å². The van der Waals surface area contributed by atoms with Crippen LogP contribution in [0.2, 0.25) is 0 Å². The molecule has 0 atom stereocenters. The van der Waals surface area contributed by atoms with E-state index >= 15 is 0 Å². The molecule has 0 aliphatic heterocycles. The topological polar surface area (TPSA) is 24.9 Å². The molecule has 0 fully saturated rings. The van der Waals surface area contributed by atoms with E-state index in [-0.39, 0.29) is 0 Å². The van der Waals surface area contributed by atoms with Gasteiger partial charge in [0, 0.05) is 18.9 Å². The molecule has 1 N–H and O–H groups in total. The smallest absolute Gasteiger partial charge is 0.0312 e. The van der Waals surface area contributed by atoms with Crippen LogP contribution in [0.5, 0.6) is 0 Å². The molecule has 1 aromatic rings. The second-order valence-electron chi connectivity index (χ2n) is 3.95. The summed E-state index contributed by atoms with van der Waals surface area (Å²) >= 11 is 1.94. The van der Waals surface area contributed by atoms with Gasteiger partial charge in [0.2, 0.25) is 0 Å². The van der Waals surface area contributed by atoms with E-state index in [1.807, 2.05) is 30.2 Å². The lowest BCUT2D eigenvalue weighted by Gasteiger charge is -2.04. The van der Waals surface area contributed by atoms with Crippen molar-refractivity contribution in [2.45, 2.75) is 32.2 Å². The van der Waals surface area contributed by atoms with Gasteiger partial charge in [0.25, 0.3) is 0 Å². The number of unbranched alkanes of at least 4 members (excludes halogenated alkanes) is 3. The number of aromatic nitrogens is 1. The number of hydrogen-bond donors (Lipinski definition) is 1. The first kappa shape index (κ1) is 13.5. The molecule has 1 rings (SSSR count). The maximum absolute atomic E-state index is 4.09. The highest BCUT2D eigenvalue weighted by Gasteiger charge is 1.92. The fourth-order valence-electron chi connectivity index (χ4n) is 1.59. The summed E-state index contributed by atoms with van der Waals surface area (Å²) in [6.07, 6.45) is 11.3. The third-order valence-electron chi connectivity index (χ3n) is 2.50. The predicted octanol–water partition coefficient (Wildman–Crippen LogP) is 3.09. The Kier molecular flexibility index (Phi) is 8.17. The molecule has 0 unspecified atom stereocenters. The lowest BCUT2D eigenvalue weighted by atomic mass is 10.2. The zero-order valence-electron chi connectivity index (χ0n) is 10.1. The quantitative estimate of drug-likeness (QED) is 0.669. The van der Waals surface area contributed by atoms with Gasteiger partial charge >= 0.3 is 0 Å². The molecule has 16 heavy (non-hydrogen) atoms. The Balaban J connectivity index is 1.89. The van der Waals surface area contributed by atoms with Gasteiger partial charge in [-0.2, -0.15) is 11.8 Å². The highest BCUT2D eigenvalue weighted by Crippen LogP contribution is 2.04. The van der Waals surface area contributed by atoms with Gasteiger partial charge in [0.1, 0.15) is 0 Å². The Morgan fingerprint density at radius 3 is 2.88 bits per heavy atom. The minimum absolute atomic E-state index is 0.943. The summed E-state index contributed by atoms with van der Waals surface area (Å²) in [6, 6.07) is 4.10. The molecule has 0 radical (unpaired) electrons. The fourth-order valence-corrected chi connectivity index (χ4v) is 2.08. The molecule has 0 aliphatic rings. The Hall–Kier alpha value is -0.540. The summed E-state index contributed by atoms with van der Waals surface area (Å²) in [5.41, 5.74) is 1.27. The van der Waals surface area contributed by atoms with Crippen LogP contribution in [0.15, 0.2) is 24.5 Å². The van der Waals surface area contributed by atoms with Gasteiger partial charge in [-0.1, -0.05) is 18.9 Å². The van der Waals surface area contributed by atoms with Crippen molar-refractivity contribution in [3.05, 3.63) is 30.1 Å². The van der Waals surface area contributed by atoms with Crippen molar-refractivity contribution in [1.82, 2.24) is 10.3 Å². The molecule has 0 spiro atoms. The fraction of sp³-hybridized carbons (Fsp3) is 0.615. The molecule has 0 bridgehead atoms. The molecule has 0 aliphatic carbocycles. The third kappa shape index (κ3) is 6.85. The molecule has 1 heterocycles. The maximum atomic E-state index is 4.09. The van der Waals surface area contributed by atoms with Gasteiger partial charge in [-0.3, -0.25) is 4.98 Å². The van der Waals surface area contributed by atoms with Crippen LogP contribution in [-0.4, -0.2) is 23.5 Å². The van der Waals surface area contributed by atoms with Crippen LogP contribution in [0, 0.1) is 0 Å². The Bertz CT molecular complexity index is 251. The number of pyridine rings is 1. The molecule has 0 amide bonds. The second-order valence-corrected chi connectivity index (χ2v) is 4.93. The average molecular weight is 238 g/mol.